The van der Waals surface area contributed by atoms with Gasteiger partial charge in [-0.3, -0.25) is 14.4 Å². The third kappa shape index (κ3) is 10.3. The van der Waals surface area contributed by atoms with Crippen molar-refractivity contribution in [2.75, 3.05) is 13.7 Å². The van der Waals surface area contributed by atoms with Crippen LogP contribution < -0.4 is 0 Å². The number of allylic oxidation sites excluding steroid dienone is 1. The van der Waals surface area contributed by atoms with Gasteiger partial charge in [-0.1, -0.05) is 25.8 Å². The zero-order valence-electron chi connectivity index (χ0n) is 11.9. The zero-order valence-corrected chi connectivity index (χ0v) is 11.9. The van der Waals surface area contributed by atoms with Crippen LogP contribution in [0.4, 0.5) is 0 Å². The maximum Gasteiger partial charge on any atom is 0.303 e. The van der Waals surface area contributed by atoms with Gasteiger partial charge >= 0.3 is 5.97 Å². The van der Waals surface area contributed by atoms with Gasteiger partial charge in [-0.05, 0) is 25.7 Å². The average molecular weight is 271 g/mol. The maximum absolute atomic E-state index is 11.7. The largest absolute Gasteiger partial charge is 0.481 e. The van der Waals surface area contributed by atoms with Gasteiger partial charge < -0.3 is 5.11 Å². The molecule has 0 spiro atoms. The minimum Gasteiger partial charge on any atom is -0.481 e. The predicted octanol–water partition coefficient (Wildman–Crippen LogP) is 2.77. The summed E-state index contributed by atoms with van der Waals surface area (Å²) in [5.41, 5.74) is 0. The summed E-state index contributed by atoms with van der Waals surface area (Å²) in [5, 5.41) is 9.77. The van der Waals surface area contributed by atoms with Gasteiger partial charge in [0.2, 0.25) is 0 Å². The molecule has 0 fully saturated rings. The van der Waals surface area contributed by atoms with E-state index in [9.17, 15) is 9.59 Å². The van der Waals surface area contributed by atoms with Gasteiger partial charge in [-0.25, -0.2) is 5.06 Å². The Kier molecular flexibility index (Phi) is 10.9. The number of aliphatic carboxylic acids is 1. The normalized spacial score (nSPS) is 10.8. The number of carbonyl (C=O) groups is 2. The van der Waals surface area contributed by atoms with Crippen LogP contribution in [0.1, 0.15) is 51.9 Å². The van der Waals surface area contributed by atoms with Crippen LogP contribution in [-0.4, -0.2) is 35.7 Å². The van der Waals surface area contributed by atoms with Crippen LogP contribution in [0.15, 0.2) is 12.2 Å². The van der Waals surface area contributed by atoms with Gasteiger partial charge in [0.05, 0.1) is 7.11 Å². The molecule has 0 bridgehead atoms. The number of carboxylic acids is 1. The third-order valence-corrected chi connectivity index (χ3v) is 2.70. The van der Waals surface area contributed by atoms with E-state index in [-0.39, 0.29) is 12.3 Å². The van der Waals surface area contributed by atoms with E-state index >= 15 is 0 Å². The predicted molar refractivity (Wildman–Crippen MR) is 73.5 cm³/mol. The lowest BCUT2D eigenvalue weighted by atomic mass is 10.2. The number of hydrogen-bond acceptors (Lipinski definition) is 3. The van der Waals surface area contributed by atoms with Gasteiger partial charge in [0.1, 0.15) is 0 Å². The monoisotopic (exact) mass is 271 g/mol. The third-order valence-electron chi connectivity index (χ3n) is 2.70. The first kappa shape index (κ1) is 17.6. The van der Waals surface area contributed by atoms with Gasteiger partial charge in [0, 0.05) is 19.0 Å². The van der Waals surface area contributed by atoms with Crippen molar-refractivity contribution in [1.29, 1.82) is 0 Å². The first-order valence-corrected chi connectivity index (χ1v) is 6.85. The Morgan fingerprint density at radius 1 is 1.21 bits per heavy atom. The first-order valence-electron chi connectivity index (χ1n) is 6.85. The van der Waals surface area contributed by atoms with E-state index in [2.05, 4.69) is 6.92 Å². The average Bonchev–Trinajstić information content (AvgIpc) is 2.38. The van der Waals surface area contributed by atoms with E-state index in [0.717, 1.165) is 19.3 Å². The first-order chi connectivity index (χ1) is 9.11. The molecule has 0 aliphatic heterocycles. The molecule has 5 heteroatoms. The molecule has 0 saturated carbocycles. The molecular weight excluding hydrogens is 246 g/mol. The summed E-state index contributed by atoms with van der Waals surface area (Å²) in [6, 6.07) is 0. The molecule has 0 heterocycles. The second-order valence-electron chi connectivity index (χ2n) is 4.37. The van der Waals surface area contributed by atoms with Crippen LogP contribution in [0.2, 0.25) is 0 Å². The van der Waals surface area contributed by atoms with Crippen molar-refractivity contribution >= 4 is 11.9 Å². The van der Waals surface area contributed by atoms with Crippen LogP contribution in [0.5, 0.6) is 0 Å². The summed E-state index contributed by atoms with van der Waals surface area (Å²) in [7, 11) is 1.44. The highest BCUT2D eigenvalue weighted by atomic mass is 16.7. The van der Waals surface area contributed by atoms with Crippen molar-refractivity contribution in [2.45, 2.75) is 51.9 Å². The topological polar surface area (TPSA) is 66.8 Å². The minimum atomic E-state index is -0.814. The maximum atomic E-state index is 11.7. The lowest BCUT2D eigenvalue weighted by Crippen LogP contribution is -2.29. The summed E-state index contributed by atoms with van der Waals surface area (Å²) in [6.45, 7) is 2.56. The van der Waals surface area contributed by atoms with E-state index in [1.807, 2.05) is 6.08 Å². The summed E-state index contributed by atoms with van der Waals surface area (Å²) >= 11 is 0. The Balaban J connectivity index is 3.86. The lowest BCUT2D eigenvalue weighted by molar-refractivity contribution is -0.170. The molecule has 110 valence electrons. The summed E-state index contributed by atoms with van der Waals surface area (Å²) < 4.78 is 0. The molecule has 0 radical (unpaired) electrons. The molecule has 0 aliphatic rings. The summed E-state index contributed by atoms with van der Waals surface area (Å²) in [6.07, 6.45) is 8.99. The highest BCUT2D eigenvalue weighted by molar-refractivity contribution is 5.86. The molecule has 0 aliphatic carbocycles. The molecular formula is C14H25NO4. The van der Waals surface area contributed by atoms with Crippen LogP contribution in [0.25, 0.3) is 0 Å². The molecule has 0 aromatic rings. The Bertz CT molecular complexity index is 289. The molecule has 0 rings (SSSR count). The fourth-order valence-corrected chi connectivity index (χ4v) is 1.60. The summed E-state index contributed by atoms with van der Waals surface area (Å²) in [5.74, 6) is -1.000. The number of amides is 1. The van der Waals surface area contributed by atoms with Crippen LogP contribution in [0.3, 0.4) is 0 Å². The van der Waals surface area contributed by atoms with E-state index in [0.29, 0.717) is 19.4 Å². The van der Waals surface area contributed by atoms with Crippen molar-refractivity contribution in [3.63, 3.8) is 0 Å². The molecule has 0 unspecified atom stereocenters. The van der Waals surface area contributed by atoms with Crippen molar-refractivity contribution in [2.24, 2.45) is 0 Å². The Hall–Kier alpha value is -1.36. The van der Waals surface area contributed by atoms with Crippen molar-refractivity contribution in [3.8, 4) is 0 Å². The highest BCUT2D eigenvalue weighted by Crippen LogP contribution is 2.03. The van der Waals surface area contributed by atoms with E-state index in [4.69, 9.17) is 9.94 Å². The number of unbranched alkanes of at least 4 members (excludes halogenated alkanes) is 4. The number of hydroxylamine groups is 2. The van der Waals surface area contributed by atoms with E-state index in [1.54, 1.807) is 0 Å². The van der Waals surface area contributed by atoms with Gasteiger partial charge in [0.25, 0.3) is 5.91 Å². The number of carbonyl (C=O) groups excluding carboxylic acids is 1. The van der Waals surface area contributed by atoms with Gasteiger partial charge in [-0.15, -0.1) is 0 Å². The van der Waals surface area contributed by atoms with Crippen LogP contribution >= 0.6 is 0 Å². The molecule has 1 N–H and O–H groups in total. The number of nitrogens with zero attached hydrogens (tertiary/aromatic N) is 1. The SMILES string of the molecule is CCCCC/C=C/C(=O)N(CCCCC(=O)O)OC. The van der Waals surface area contributed by atoms with Crippen molar-refractivity contribution in [1.82, 2.24) is 5.06 Å². The zero-order chi connectivity index (χ0) is 14.5. The molecule has 0 saturated heterocycles. The second kappa shape index (κ2) is 11.7. The van der Waals surface area contributed by atoms with Gasteiger partial charge in [-0.2, -0.15) is 0 Å². The van der Waals surface area contributed by atoms with E-state index in [1.165, 1.54) is 24.7 Å². The Labute approximate surface area is 115 Å². The Morgan fingerprint density at radius 3 is 2.53 bits per heavy atom. The molecule has 0 aromatic carbocycles. The van der Waals surface area contributed by atoms with Gasteiger partial charge in [0.15, 0.2) is 0 Å². The fraction of sp³-hybridized carbons (Fsp3) is 0.714. The lowest BCUT2D eigenvalue weighted by Gasteiger charge is -2.17. The molecule has 0 atom stereocenters. The van der Waals surface area contributed by atoms with Crippen LogP contribution in [-0.2, 0) is 14.4 Å². The summed E-state index contributed by atoms with van der Waals surface area (Å²) in [4.78, 5) is 27.1. The molecule has 0 aromatic heterocycles. The van der Waals surface area contributed by atoms with Crippen molar-refractivity contribution in [3.05, 3.63) is 12.2 Å². The number of hydrogen-bond donors (Lipinski definition) is 1. The van der Waals surface area contributed by atoms with Crippen LogP contribution in [0, 0.1) is 0 Å². The number of carboxylic acid groups (broad SMARTS) is 1. The minimum absolute atomic E-state index is 0.124. The quantitative estimate of drug-likeness (QED) is 0.356. The fourth-order valence-electron chi connectivity index (χ4n) is 1.60. The standard InChI is InChI=1S/C14H25NO4/c1-3-4-5-6-7-10-13(16)15(19-2)12-9-8-11-14(17)18/h7,10H,3-6,8-9,11-12H2,1-2H3,(H,17,18)/b10-7+. The highest BCUT2D eigenvalue weighted by Gasteiger charge is 2.09. The number of rotatable bonds is 11. The molecule has 1 amide bonds. The van der Waals surface area contributed by atoms with Crippen molar-refractivity contribution < 1.29 is 19.5 Å². The Morgan fingerprint density at radius 2 is 1.95 bits per heavy atom. The molecule has 19 heavy (non-hydrogen) atoms. The second-order valence-corrected chi connectivity index (χ2v) is 4.37. The van der Waals surface area contributed by atoms with E-state index < -0.39 is 5.97 Å². The smallest absolute Gasteiger partial charge is 0.303 e. The molecule has 5 nitrogen and oxygen atoms in total.